The van der Waals surface area contributed by atoms with Crippen LogP contribution in [-0.2, 0) is 16.1 Å². The molecule has 2 aromatic carbocycles. The van der Waals surface area contributed by atoms with Crippen molar-refractivity contribution >= 4 is 11.9 Å². The number of carbonyl (C=O) groups excluding carboxylic acids is 2. The maximum atomic E-state index is 12.1. The van der Waals surface area contributed by atoms with E-state index in [-0.39, 0.29) is 12.5 Å². The summed E-state index contributed by atoms with van der Waals surface area (Å²) >= 11 is 0. The van der Waals surface area contributed by atoms with Crippen molar-refractivity contribution in [3.63, 3.8) is 0 Å². The van der Waals surface area contributed by atoms with Gasteiger partial charge in [-0.2, -0.15) is 0 Å². The van der Waals surface area contributed by atoms with E-state index in [1.54, 1.807) is 31.3 Å². The van der Waals surface area contributed by atoms with Crippen molar-refractivity contribution in [2.45, 2.75) is 6.54 Å². The molecule has 0 bridgehead atoms. The van der Waals surface area contributed by atoms with E-state index in [9.17, 15) is 9.59 Å². The quantitative estimate of drug-likeness (QED) is 0.625. The lowest BCUT2D eigenvalue weighted by Crippen LogP contribution is -2.30. The monoisotopic (exact) mass is 351 g/mol. The van der Waals surface area contributed by atoms with Crippen LogP contribution in [0.15, 0.2) is 60.9 Å². The highest BCUT2D eigenvalue weighted by Crippen LogP contribution is 2.09. The molecule has 0 atom stereocenters. The van der Waals surface area contributed by atoms with Crippen molar-refractivity contribution in [2.24, 2.45) is 0 Å². The highest BCUT2D eigenvalue weighted by atomic mass is 16.5. The SMILES string of the molecule is CN(Cc1ccccc1)C(=O)COC(=O)c1ccc(-n2cnnn2)cc1. The first-order valence-electron chi connectivity index (χ1n) is 7.92. The van der Waals surface area contributed by atoms with Gasteiger partial charge in [-0.15, -0.1) is 5.10 Å². The Hall–Kier alpha value is -3.55. The van der Waals surface area contributed by atoms with E-state index in [2.05, 4.69) is 15.5 Å². The second kappa shape index (κ2) is 8.02. The van der Waals surface area contributed by atoms with E-state index in [4.69, 9.17) is 4.74 Å². The van der Waals surface area contributed by atoms with E-state index in [0.717, 1.165) is 5.56 Å². The average molecular weight is 351 g/mol. The first-order chi connectivity index (χ1) is 12.6. The van der Waals surface area contributed by atoms with Gasteiger partial charge in [-0.3, -0.25) is 4.79 Å². The minimum Gasteiger partial charge on any atom is -0.452 e. The van der Waals surface area contributed by atoms with Crippen molar-refractivity contribution < 1.29 is 14.3 Å². The minimum atomic E-state index is -0.560. The summed E-state index contributed by atoms with van der Waals surface area (Å²) in [5.74, 6) is -0.831. The molecule has 0 fully saturated rings. The predicted octanol–water partition coefficient (Wildman–Crippen LogP) is 1.48. The number of ether oxygens (including phenoxy) is 1. The normalized spacial score (nSPS) is 10.3. The number of nitrogens with zero attached hydrogens (tertiary/aromatic N) is 5. The summed E-state index contributed by atoms with van der Waals surface area (Å²) in [6.07, 6.45) is 1.45. The third kappa shape index (κ3) is 4.29. The molecule has 0 saturated heterocycles. The van der Waals surface area contributed by atoms with Crippen LogP contribution >= 0.6 is 0 Å². The Kier molecular flexibility index (Phi) is 5.33. The van der Waals surface area contributed by atoms with Gasteiger partial charge in [0.2, 0.25) is 0 Å². The van der Waals surface area contributed by atoms with Gasteiger partial charge in [-0.25, -0.2) is 9.48 Å². The molecular weight excluding hydrogens is 334 g/mol. The molecule has 132 valence electrons. The van der Waals surface area contributed by atoms with Crippen LogP contribution in [0.25, 0.3) is 5.69 Å². The summed E-state index contributed by atoms with van der Waals surface area (Å²) in [7, 11) is 1.67. The molecule has 0 N–H and O–H groups in total. The molecule has 1 heterocycles. The smallest absolute Gasteiger partial charge is 0.338 e. The molecule has 0 radical (unpaired) electrons. The standard InChI is InChI=1S/C18H17N5O3/c1-22(11-14-5-3-2-4-6-14)17(24)12-26-18(25)15-7-9-16(10-8-15)23-13-19-20-21-23/h2-10,13H,11-12H2,1H3. The summed E-state index contributed by atoms with van der Waals surface area (Å²) in [4.78, 5) is 25.7. The summed E-state index contributed by atoms with van der Waals surface area (Å²) < 4.78 is 6.57. The van der Waals surface area contributed by atoms with Gasteiger partial charge in [0.15, 0.2) is 6.61 Å². The predicted molar refractivity (Wildman–Crippen MR) is 92.4 cm³/mol. The molecule has 1 amide bonds. The third-order valence-electron chi connectivity index (χ3n) is 3.73. The van der Waals surface area contributed by atoms with E-state index in [1.165, 1.54) is 15.9 Å². The van der Waals surface area contributed by atoms with Crippen molar-refractivity contribution in [3.8, 4) is 5.69 Å². The summed E-state index contributed by atoms with van der Waals surface area (Å²) in [5.41, 5.74) is 2.07. The molecular formula is C18H17N5O3. The van der Waals surface area contributed by atoms with E-state index in [0.29, 0.717) is 17.8 Å². The lowest BCUT2D eigenvalue weighted by molar-refractivity contribution is -0.133. The number of rotatable bonds is 6. The van der Waals surface area contributed by atoms with E-state index < -0.39 is 5.97 Å². The molecule has 0 spiro atoms. The van der Waals surface area contributed by atoms with Crippen molar-refractivity contribution in [1.82, 2.24) is 25.1 Å². The number of esters is 1. The van der Waals surface area contributed by atoms with Crippen LogP contribution in [0.3, 0.4) is 0 Å². The second-order valence-electron chi connectivity index (χ2n) is 5.61. The molecule has 0 aliphatic heterocycles. The largest absolute Gasteiger partial charge is 0.452 e. The summed E-state index contributed by atoms with van der Waals surface area (Å²) in [6, 6.07) is 16.2. The fraction of sp³-hybridized carbons (Fsp3) is 0.167. The summed E-state index contributed by atoms with van der Waals surface area (Å²) in [5, 5.41) is 10.9. The zero-order valence-corrected chi connectivity index (χ0v) is 14.1. The Morgan fingerprint density at radius 2 is 1.81 bits per heavy atom. The maximum absolute atomic E-state index is 12.1. The van der Waals surface area contributed by atoms with Gasteiger partial charge < -0.3 is 9.64 Å². The highest BCUT2D eigenvalue weighted by molar-refractivity contribution is 5.91. The lowest BCUT2D eigenvalue weighted by Gasteiger charge is -2.17. The van der Waals surface area contributed by atoms with Crippen LogP contribution in [-0.4, -0.2) is 50.6 Å². The molecule has 1 aromatic heterocycles. The van der Waals surface area contributed by atoms with Crippen LogP contribution in [0.2, 0.25) is 0 Å². The Labute approximate surface area is 150 Å². The number of hydrogen-bond donors (Lipinski definition) is 0. The molecule has 8 heteroatoms. The van der Waals surface area contributed by atoms with Gasteiger partial charge in [-0.1, -0.05) is 30.3 Å². The number of aromatic nitrogens is 4. The van der Waals surface area contributed by atoms with Crippen LogP contribution in [0.1, 0.15) is 15.9 Å². The van der Waals surface area contributed by atoms with E-state index >= 15 is 0 Å². The van der Waals surface area contributed by atoms with Crippen molar-refractivity contribution in [2.75, 3.05) is 13.7 Å². The zero-order chi connectivity index (χ0) is 18.4. The van der Waals surface area contributed by atoms with Crippen molar-refractivity contribution in [1.29, 1.82) is 0 Å². The number of tetrazole rings is 1. The zero-order valence-electron chi connectivity index (χ0n) is 14.1. The van der Waals surface area contributed by atoms with Crippen molar-refractivity contribution in [3.05, 3.63) is 72.1 Å². The van der Waals surface area contributed by atoms with Gasteiger partial charge in [0.05, 0.1) is 11.3 Å². The number of amides is 1. The van der Waals surface area contributed by atoms with Crippen LogP contribution in [0.4, 0.5) is 0 Å². The topological polar surface area (TPSA) is 90.2 Å². The molecule has 8 nitrogen and oxygen atoms in total. The molecule has 3 aromatic rings. The van der Waals surface area contributed by atoms with E-state index in [1.807, 2.05) is 30.3 Å². The van der Waals surface area contributed by atoms with Crippen LogP contribution < -0.4 is 0 Å². The molecule has 0 unspecified atom stereocenters. The van der Waals surface area contributed by atoms with Crippen LogP contribution in [0, 0.1) is 0 Å². The average Bonchev–Trinajstić information content (AvgIpc) is 3.21. The first-order valence-corrected chi connectivity index (χ1v) is 7.92. The highest BCUT2D eigenvalue weighted by Gasteiger charge is 2.14. The number of carbonyl (C=O) groups is 2. The maximum Gasteiger partial charge on any atom is 0.338 e. The van der Waals surface area contributed by atoms with Gasteiger partial charge in [-0.05, 0) is 40.3 Å². The Balaban J connectivity index is 1.52. The molecule has 3 rings (SSSR count). The third-order valence-corrected chi connectivity index (χ3v) is 3.73. The molecule has 26 heavy (non-hydrogen) atoms. The molecule has 0 aliphatic rings. The van der Waals surface area contributed by atoms with Gasteiger partial charge >= 0.3 is 5.97 Å². The summed E-state index contributed by atoms with van der Waals surface area (Å²) in [6.45, 7) is 0.148. The Morgan fingerprint density at radius 3 is 2.46 bits per heavy atom. The second-order valence-corrected chi connectivity index (χ2v) is 5.61. The minimum absolute atomic E-state index is 0.271. The fourth-order valence-corrected chi connectivity index (χ4v) is 2.30. The number of benzene rings is 2. The number of likely N-dealkylation sites (N-methyl/N-ethyl adjacent to an activating group) is 1. The molecule has 0 aliphatic carbocycles. The lowest BCUT2D eigenvalue weighted by atomic mass is 10.2. The Morgan fingerprint density at radius 1 is 1.08 bits per heavy atom. The van der Waals surface area contributed by atoms with Gasteiger partial charge in [0, 0.05) is 13.6 Å². The number of hydrogen-bond acceptors (Lipinski definition) is 6. The van der Waals surface area contributed by atoms with Crippen LogP contribution in [0.5, 0.6) is 0 Å². The van der Waals surface area contributed by atoms with Gasteiger partial charge in [0.25, 0.3) is 5.91 Å². The van der Waals surface area contributed by atoms with Gasteiger partial charge in [0.1, 0.15) is 6.33 Å². The Bertz CT molecular complexity index is 864. The first kappa shape index (κ1) is 17.3. The fourth-order valence-electron chi connectivity index (χ4n) is 2.30. The molecule has 0 saturated carbocycles.